The standard InChI is InChI=1S/C11H20N2O3/c1-4-5-9(10(14)15)13-11(16)12-7-6-8(2)3/h6,9H,4-5,7H2,1-3H3,(H,14,15)(H2,12,13,16). The van der Waals surface area contributed by atoms with E-state index in [1.807, 2.05) is 26.8 Å². The minimum absolute atomic E-state index is 0.409. The third-order valence-corrected chi connectivity index (χ3v) is 1.95. The molecule has 0 aromatic rings. The number of carbonyl (C=O) groups is 2. The molecule has 0 bridgehead atoms. The lowest BCUT2D eigenvalue weighted by atomic mass is 10.2. The van der Waals surface area contributed by atoms with Crippen molar-refractivity contribution in [2.24, 2.45) is 0 Å². The number of amides is 2. The van der Waals surface area contributed by atoms with Gasteiger partial charge in [-0.15, -0.1) is 0 Å². The predicted octanol–water partition coefficient (Wildman–Crippen LogP) is 1.51. The zero-order valence-corrected chi connectivity index (χ0v) is 10.0. The molecule has 0 aliphatic heterocycles. The Hall–Kier alpha value is -1.52. The molecule has 0 radical (unpaired) electrons. The number of hydrogen-bond donors (Lipinski definition) is 3. The first-order valence-electron chi connectivity index (χ1n) is 5.38. The van der Waals surface area contributed by atoms with Gasteiger partial charge in [-0.2, -0.15) is 0 Å². The first kappa shape index (κ1) is 14.5. The third-order valence-electron chi connectivity index (χ3n) is 1.95. The summed E-state index contributed by atoms with van der Waals surface area (Å²) in [7, 11) is 0. The van der Waals surface area contributed by atoms with Gasteiger partial charge in [-0.25, -0.2) is 9.59 Å². The van der Waals surface area contributed by atoms with Gasteiger partial charge in [0, 0.05) is 6.54 Å². The van der Waals surface area contributed by atoms with Gasteiger partial charge >= 0.3 is 12.0 Å². The molecule has 92 valence electrons. The second-order valence-corrected chi connectivity index (χ2v) is 3.82. The average molecular weight is 228 g/mol. The minimum Gasteiger partial charge on any atom is -0.480 e. The molecule has 0 heterocycles. The summed E-state index contributed by atoms with van der Waals surface area (Å²) < 4.78 is 0. The van der Waals surface area contributed by atoms with Gasteiger partial charge in [0.05, 0.1) is 0 Å². The Kier molecular flexibility index (Phi) is 7.00. The summed E-state index contributed by atoms with van der Waals surface area (Å²) in [5, 5.41) is 13.8. The van der Waals surface area contributed by atoms with Crippen LogP contribution in [0.2, 0.25) is 0 Å². The number of hydrogen-bond acceptors (Lipinski definition) is 2. The fourth-order valence-electron chi connectivity index (χ4n) is 1.10. The number of aliphatic carboxylic acids is 1. The molecule has 0 fully saturated rings. The van der Waals surface area contributed by atoms with Gasteiger partial charge in [0.25, 0.3) is 0 Å². The summed E-state index contributed by atoms with van der Waals surface area (Å²) >= 11 is 0. The van der Waals surface area contributed by atoms with E-state index in [0.29, 0.717) is 19.4 Å². The maximum Gasteiger partial charge on any atom is 0.326 e. The van der Waals surface area contributed by atoms with Gasteiger partial charge in [-0.1, -0.05) is 25.0 Å². The highest BCUT2D eigenvalue weighted by molar-refractivity contribution is 5.82. The van der Waals surface area contributed by atoms with E-state index in [4.69, 9.17) is 5.11 Å². The van der Waals surface area contributed by atoms with E-state index in [0.717, 1.165) is 5.57 Å². The van der Waals surface area contributed by atoms with Crippen molar-refractivity contribution in [1.29, 1.82) is 0 Å². The van der Waals surface area contributed by atoms with Crippen LogP contribution >= 0.6 is 0 Å². The molecular weight excluding hydrogens is 208 g/mol. The molecule has 0 aliphatic rings. The van der Waals surface area contributed by atoms with Crippen LogP contribution in [0.15, 0.2) is 11.6 Å². The van der Waals surface area contributed by atoms with Gasteiger partial charge < -0.3 is 15.7 Å². The summed E-state index contributed by atoms with van der Waals surface area (Å²) in [5.41, 5.74) is 1.10. The zero-order valence-electron chi connectivity index (χ0n) is 10.0. The van der Waals surface area contributed by atoms with Gasteiger partial charge in [-0.05, 0) is 20.3 Å². The van der Waals surface area contributed by atoms with E-state index in [-0.39, 0.29) is 0 Å². The zero-order chi connectivity index (χ0) is 12.6. The maximum atomic E-state index is 11.3. The average Bonchev–Trinajstić information content (AvgIpc) is 2.16. The molecule has 0 saturated carbocycles. The molecule has 16 heavy (non-hydrogen) atoms. The predicted molar refractivity (Wildman–Crippen MR) is 62.3 cm³/mol. The monoisotopic (exact) mass is 228 g/mol. The van der Waals surface area contributed by atoms with E-state index in [1.54, 1.807) is 0 Å². The van der Waals surface area contributed by atoms with Crippen molar-refractivity contribution in [1.82, 2.24) is 10.6 Å². The van der Waals surface area contributed by atoms with Crippen molar-refractivity contribution in [3.8, 4) is 0 Å². The van der Waals surface area contributed by atoms with Crippen molar-refractivity contribution in [2.75, 3.05) is 6.54 Å². The van der Waals surface area contributed by atoms with Crippen LogP contribution in [0.3, 0.4) is 0 Å². The largest absolute Gasteiger partial charge is 0.480 e. The van der Waals surface area contributed by atoms with Crippen LogP contribution in [0.4, 0.5) is 4.79 Å². The smallest absolute Gasteiger partial charge is 0.326 e. The maximum absolute atomic E-state index is 11.3. The second kappa shape index (κ2) is 7.73. The molecule has 0 spiro atoms. The van der Waals surface area contributed by atoms with Crippen molar-refractivity contribution in [2.45, 2.75) is 39.7 Å². The van der Waals surface area contributed by atoms with Gasteiger partial charge in [0.15, 0.2) is 0 Å². The summed E-state index contributed by atoms with van der Waals surface area (Å²) in [4.78, 5) is 22.1. The number of carbonyl (C=O) groups excluding carboxylic acids is 1. The molecule has 1 unspecified atom stereocenters. The molecular formula is C11H20N2O3. The quantitative estimate of drug-likeness (QED) is 0.603. The lowest BCUT2D eigenvalue weighted by Crippen LogP contribution is -2.45. The van der Waals surface area contributed by atoms with Crippen molar-refractivity contribution >= 4 is 12.0 Å². The molecule has 0 aliphatic carbocycles. The Labute approximate surface area is 95.9 Å². The normalized spacial score (nSPS) is 11.4. The Balaban J connectivity index is 4.00. The van der Waals surface area contributed by atoms with Crippen LogP contribution in [0, 0.1) is 0 Å². The van der Waals surface area contributed by atoms with Gasteiger partial charge in [-0.3, -0.25) is 0 Å². The highest BCUT2D eigenvalue weighted by Gasteiger charge is 2.17. The van der Waals surface area contributed by atoms with Crippen LogP contribution in [-0.4, -0.2) is 29.7 Å². The van der Waals surface area contributed by atoms with E-state index >= 15 is 0 Å². The molecule has 0 saturated heterocycles. The van der Waals surface area contributed by atoms with Crippen molar-refractivity contribution in [3.63, 3.8) is 0 Å². The molecule has 1 atom stereocenters. The topological polar surface area (TPSA) is 78.4 Å². The molecule has 0 rings (SSSR count). The molecule has 0 aromatic carbocycles. The van der Waals surface area contributed by atoms with E-state index in [9.17, 15) is 9.59 Å². The van der Waals surface area contributed by atoms with Crippen LogP contribution in [0.25, 0.3) is 0 Å². The lowest BCUT2D eigenvalue weighted by Gasteiger charge is -2.13. The first-order chi connectivity index (χ1) is 7.47. The van der Waals surface area contributed by atoms with Gasteiger partial charge in [0.2, 0.25) is 0 Å². The highest BCUT2D eigenvalue weighted by atomic mass is 16.4. The number of allylic oxidation sites excluding steroid dienone is 1. The number of nitrogens with one attached hydrogen (secondary N) is 2. The number of carboxylic acids is 1. The Morgan fingerprint density at radius 2 is 2.00 bits per heavy atom. The Morgan fingerprint density at radius 1 is 1.38 bits per heavy atom. The van der Waals surface area contributed by atoms with Crippen LogP contribution in [0.1, 0.15) is 33.6 Å². The SMILES string of the molecule is CCCC(NC(=O)NCC=C(C)C)C(=O)O. The summed E-state index contributed by atoms with van der Waals surface area (Å²) in [5.74, 6) is -1.00. The Bertz CT molecular complexity index is 270. The number of carboxylic acid groups (broad SMARTS) is 1. The minimum atomic E-state index is -1.00. The summed E-state index contributed by atoms with van der Waals surface area (Å²) in [6, 6.07) is -1.25. The Morgan fingerprint density at radius 3 is 2.44 bits per heavy atom. The molecule has 0 aromatic heterocycles. The second-order valence-electron chi connectivity index (χ2n) is 3.82. The van der Waals surface area contributed by atoms with Gasteiger partial charge in [0.1, 0.15) is 6.04 Å². The fourth-order valence-corrected chi connectivity index (χ4v) is 1.10. The van der Waals surface area contributed by atoms with Crippen molar-refractivity contribution in [3.05, 3.63) is 11.6 Å². The summed E-state index contributed by atoms with van der Waals surface area (Å²) in [6.45, 7) is 6.14. The molecule has 3 N–H and O–H groups in total. The lowest BCUT2D eigenvalue weighted by molar-refractivity contribution is -0.139. The fraction of sp³-hybridized carbons (Fsp3) is 0.636. The molecule has 2 amide bonds. The molecule has 5 heteroatoms. The van der Waals surface area contributed by atoms with Crippen LogP contribution in [0.5, 0.6) is 0 Å². The number of rotatable bonds is 6. The third kappa shape index (κ3) is 6.86. The first-order valence-corrected chi connectivity index (χ1v) is 5.38. The van der Waals surface area contributed by atoms with E-state index < -0.39 is 18.0 Å². The van der Waals surface area contributed by atoms with E-state index in [1.165, 1.54) is 0 Å². The van der Waals surface area contributed by atoms with Crippen LogP contribution < -0.4 is 10.6 Å². The number of urea groups is 1. The van der Waals surface area contributed by atoms with E-state index in [2.05, 4.69) is 10.6 Å². The summed E-state index contributed by atoms with van der Waals surface area (Å²) in [6.07, 6.45) is 3.01. The van der Waals surface area contributed by atoms with Crippen LogP contribution in [-0.2, 0) is 4.79 Å². The molecule has 5 nitrogen and oxygen atoms in total. The highest BCUT2D eigenvalue weighted by Crippen LogP contribution is 1.96. The van der Waals surface area contributed by atoms with Crippen molar-refractivity contribution < 1.29 is 14.7 Å².